The van der Waals surface area contributed by atoms with Crippen molar-refractivity contribution in [2.45, 2.75) is 12.8 Å². The Morgan fingerprint density at radius 3 is 2.44 bits per heavy atom. The Kier molecular flexibility index (Phi) is 5.81. The van der Waals surface area contributed by atoms with Gasteiger partial charge in [-0.25, -0.2) is 0 Å². The Morgan fingerprint density at radius 1 is 1.12 bits per heavy atom. The fourth-order valence-electron chi connectivity index (χ4n) is 3.39. The van der Waals surface area contributed by atoms with Gasteiger partial charge in [0.25, 0.3) is 5.91 Å². The molecule has 0 unspecified atom stereocenters. The van der Waals surface area contributed by atoms with Gasteiger partial charge in [-0.15, -0.1) is 0 Å². The van der Waals surface area contributed by atoms with Crippen LogP contribution in [-0.2, 0) is 9.53 Å². The number of hydrogen-bond acceptors (Lipinski definition) is 4. The lowest BCUT2D eigenvalue weighted by molar-refractivity contribution is -0.141. The molecule has 6 nitrogen and oxygen atoms in total. The van der Waals surface area contributed by atoms with Crippen LogP contribution in [0, 0.1) is 5.92 Å². The van der Waals surface area contributed by atoms with E-state index in [0.29, 0.717) is 68.6 Å². The molecule has 0 aromatic heterocycles. The van der Waals surface area contributed by atoms with Crippen molar-refractivity contribution in [3.63, 3.8) is 0 Å². The minimum Gasteiger partial charge on any atom is -0.496 e. The fourth-order valence-corrected chi connectivity index (χ4v) is 3.56. The summed E-state index contributed by atoms with van der Waals surface area (Å²) in [6.07, 6.45) is 1.37. The molecule has 0 N–H and O–H groups in total. The molecule has 0 atom stereocenters. The zero-order valence-corrected chi connectivity index (χ0v) is 15.1. The highest BCUT2D eigenvalue weighted by Crippen LogP contribution is 2.27. The van der Waals surface area contributed by atoms with Crippen molar-refractivity contribution in [2.75, 3.05) is 46.5 Å². The van der Waals surface area contributed by atoms with Crippen LogP contribution in [0.15, 0.2) is 18.2 Å². The number of likely N-dealkylation sites (tertiary alicyclic amines) is 1. The first-order valence-corrected chi connectivity index (χ1v) is 8.97. The number of ether oxygens (including phenoxy) is 2. The number of amides is 2. The molecular formula is C18H23ClN2O4. The lowest BCUT2D eigenvalue weighted by Crippen LogP contribution is -2.47. The van der Waals surface area contributed by atoms with Crippen LogP contribution in [0.4, 0.5) is 0 Å². The maximum atomic E-state index is 12.8. The van der Waals surface area contributed by atoms with Gasteiger partial charge in [-0.1, -0.05) is 11.6 Å². The quantitative estimate of drug-likeness (QED) is 0.821. The van der Waals surface area contributed by atoms with E-state index in [2.05, 4.69) is 0 Å². The van der Waals surface area contributed by atoms with Gasteiger partial charge >= 0.3 is 0 Å². The summed E-state index contributed by atoms with van der Waals surface area (Å²) in [6.45, 7) is 3.68. The molecule has 2 aliphatic rings. The zero-order chi connectivity index (χ0) is 17.8. The van der Waals surface area contributed by atoms with Crippen LogP contribution in [-0.4, -0.2) is 68.1 Å². The van der Waals surface area contributed by atoms with E-state index >= 15 is 0 Å². The second-order valence-corrected chi connectivity index (χ2v) is 6.79. The molecule has 0 saturated carbocycles. The molecule has 25 heavy (non-hydrogen) atoms. The van der Waals surface area contributed by atoms with Crippen molar-refractivity contribution in [3.8, 4) is 5.75 Å². The topological polar surface area (TPSA) is 59.1 Å². The molecule has 7 heteroatoms. The molecule has 0 radical (unpaired) electrons. The smallest absolute Gasteiger partial charge is 0.257 e. The maximum absolute atomic E-state index is 12.8. The second kappa shape index (κ2) is 8.06. The van der Waals surface area contributed by atoms with E-state index in [-0.39, 0.29) is 17.7 Å². The van der Waals surface area contributed by atoms with Gasteiger partial charge in [0.2, 0.25) is 5.91 Å². The minimum absolute atomic E-state index is 0.0107. The third-order valence-electron chi connectivity index (χ3n) is 4.85. The number of halogens is 1. The minimum atomic E-state index is -0.100. The lowest BCUT2D eigenvalue weighted by atomic mass is 9.94. The number of carbonyl (C=O) groups is 2. The molecule has 136 valence electrons. The Morgan fingerprint density at radius 2 is 1.80 bits per heavy atom. The molecule has 1 aromatic carbocycles. The number of hydrogen-bond donors (Lipinski definition) is 0. The number of piperidine rings is 1. The van der Waals surface area contributed by atoms with E-state index in [1.54, 1.807) is 23.1 Å². The van der Waals surface area contributed by atoms with Crippen molar-refractivity contribution in [1.82, 2.24) is 9.80 Å². The van der Waals surface area contributed by atoms with Gasteiger partial charge in [0.15, 0.2) is 0 Å². The summed E-state index contributed by atoms with van der Waals surface area (Å²) in [6, 6.07) is 5.03. The molecule has 2 saturated heterocycles. The summed E-state index contributed by atoms with van der Waals surface area (Å²) in [7, 11) is 1.53. The molecule has 2 fully saturated rings. The normalized spacial score (nSPS) is 19.0. The van der Waals surface area contributed by atoms with E-state index in [1.807, 2.05) is 4.90 Å². The summed E-state index contributed by atoms with van der Waals surface area (Å²) in [5.41, 5.74) is 0.466. The Balaban J connectivity index is 1.61. The third kappa shape index (κ3) is 4.07. The number of methoxy groups -OCH3 is 1. The monoisotopic (exact) mass is 366 g/mol. The van der Waals surface area contributed by atoms with Crippen molar-refractivity contribution in [3.05, 3.63) is 28.8 Å². The maximum Gasteiger partial charge on any atom is 0.257 e. The van der Waals surface area contributed by atoms with Gasteiger partial charge in [-0.05, 0) is 31.0 Å². The molecule has 2 heterocycles. The Bertz CT molecular complexity index is 638. The van der Waals surface area contributed by atoms with Gasteiger partial charge in [0.05, 0.1) is 25.9 Å². The first-order chi connectivity index (χ1) is 12.1. The summed E-state index contributed by atoms with van der Waals surface area (Å²) < 4.78 is 10.6. The third-order valence-corrected chi connectivity index (χ3v) is 5.08. The molecule has 0 aliphatic carbocycles. The van der Waals surface area contributed by atoms with E-state index in [4.69, 9.17) is 21.1 Å². The highest BCUT2D eigenvalue weighted by Gasteiger charge is 2.31. The summed E-state index contributed by atoms with van der Waals surface area (Å²) in [5.74, 6) is 0.594. The Labute approximate surface area is 152 Å². The molecule has 3 rings (SSSR count). The van der Waals surface area contributed by atoms with Crippen LogP contribution < -0.4 is 4.74 Å². The molecule has 0 bridgehead atoms. The van der Waals surface area contributed by atoms with Gasteiger partial charge in [0.1, 0.15) is 5.75 Å². The van der Waals surface area contributed by atoms with E-state index in [0.717, 1.165) is 0 Å². The van der Waals surface area contributed by atoms with Gasteiger partial charge in [0, 0.05) is 37.1 Å². The predicted molar refractivity (Wildman–Crippen MR) is 94.0 cm³/mol. The largest absolute Gasteiger partial charge is 0.496 e. The molecule has 2 aliphatic heterocycles. The van der Waals surface area contributed by atoms with Crippen molar-refractivity contribution in [1.29, 1.82) is 0 Å². The summed E-state index contributed by atoms with van der Waals surface area (Å²) in [5, 5.41) is 0.501. The molecule has 0 spiro atoms. The predicted octanol–water partition coefficient (Wildman–Crippen LogP) is 2.06. The van der Waals surface area contributed by atoms with Crippen molar-refractivity contribution in [2.24, 2.45) is 5.92 Å². The van der Waals surface area contributed by atoms with Crippen molar-refractivity contribution < 1.29 is 19.1 Å². The molecular weight excluding hydrogens is 344 g/mol. The van der Waals surface area contributed by atoms with Crippen LogP contribution in [0.2, 0.25) is 5.02 Å². The van der Waals surface area contributed by atoms with Crippen LogP contribution >= 0.6 is 11.6 Å². The van der Waals surface area contributed by atoms with E-state index in [1.165, 1.54) is 7.11 Å². The summed E-state index contributed by atoms with van der Waals surface area (Å²) in [4.78, 5) is 29.0. The van der Waals surface area contributed by atoms with Crippen LogP contribution in [0.3, 0.4) is 0 Å². The van der Waals surface area contributed by atoms with Gasteiger partial charge in [-0.3, -0.25) is 9.59 Å². The summed E-state index contributed by atoms with van der Waals surface area (Å²) >= 11 is 6.02. The van der Waals surface area contributed by atoms with E-state index < -0.39 is 0 Å². The zero-order valence-electron chi connectivity index (χ0n) is 14.4. The highest BCUT2D eigenvalue weighted by atomic mass is 35.5. The average Bonchev–Trinajstić information content (AvgIpc) is 2.67. The van der Waals surface area contributed by atoms with E-state index in [9.17, 15) is 9.59 Å². The van der Waals surface area contributed by atoms with Crippen LogP contribution in [0.5, 0.6) is 5.75 Å². The van der Waals surface area contributed by atoms with Gasteiger partial charge < -0.3 is 19.3 Å². The standard InChI is InChI=1S/C18H23ClN2O4/c1-24-16-3-2-14(19)12-15(16)18(23)20-6-4-13(5-7-20)17(22)21-8-10-25-11-9-21/h2-3,12-13H,4-11H2,1H3. The Hall–Kier alpha value is -1.79. The number of carbonyl (C=O) groups excluding carboxylic acids is 2. The van der Waals surface area contributed by atoms with Crippen molar-refractivity contribution >= 4 is 23.4 Å². The number of rotatable bonds is 3. The van der Waals surface area contributed by atoms with Gasteiger partial charge in [-0.2, -0.15) is 0 Å². The second-order valence-electron chi connectivity index (χ2n) is 6.35. The average molecular weight is 367 g/mol. The molecule has 2 amide bonds. The van der Waals surface area contributed by atoms with Crippen LogP contribution in [0.1, 0.15) is 23.2 Å². The molecule has 1 aromatic rings. The highest BCUT2D eigenvalue weighted by molar-refractivity contribution is 6.31. The SMILES string of the molecule is COc1ccc(Cl)cc1C(=O)N1CCC(C(=O)N2CCOCC2)CC1. The lowest BCUT2D eigenvalue weighted by Gasteiger charge is -2.35. The number of morpholine rings is 1. The first-order valence-electron chi connectivity index (χ1n) is 8.59. The van der Waals surface area contributed by atoms with Crippen LogP contribution in [0.25, 0.3) is 0 Å². The number of benzene rings is 1. The fraction of sp³-hybridized carbons (Fsp3) is 0.556. The first kappa shape index (κ1) is 18.0. The number of nitrogens with zero attached hydrogens (tertiary/aromatic N) is 2.